The summed E-state index contributed by atoms with van der Waals surface area (Å²) in [5.74, 6) is -0.969. The molecule has 1 unspecified atom stereocenters. The number of rotatable bonds is 4. The molecule has 1 fully saturated rings. The maximum atomic E-state index is 12.2. The van der Waals surface area contributed by atoms with Gasteiger partial charge in [-0.1, -0.05) is 18.2 Å². The summed E-state index contributed by atoms with van der Waals surface area (Å²) >= 11 is 5.90. The number of ether oxygens (including phenoxy) is 1. The molecule has 1 aromatic carbocycles. The van der Waals surface area contributed by atoms with E-state index in [4.69, 9.17) is 11.6 Å². The Labute approximate surface area is 112 Å². The lowest BCUT2D eigenvalue weighted by atomic mass is 10.1. The molecule has 1 saturated carbocycles. The molecule has 1 aliphatic rings. The number of para-hydroxylation sites is 1. The minimum Gasteiger partial charge on any atom is -0.405 e. The first kappa shape index (κ1) is 14.0. The zero-order valence-corrected chi connectivity index (χ0v) is 10.5. The molecule has 0 saturated heterocycles. The first-order chi connectivity index (χ1) is 8.87. The third kappa shape index (κ3) is 4.02. The van der Waals surface area contributed by atoms with E-state index in [1.165, 1.54) is 18.2 Å². The SMILES string of the molecule is O=C(NC1CC1)C(Cl)c1ccccc1OC(F)(F)F. The monoisotopic (exact) mass is 293 g/mol. The van der Waals surface area contributed by atoms with E-state index in [0.29, 0.717) is 0 Å². The van der Waals surface area contributed by atoms with Gasteiger partial charge in [-0.2, -0.15) is 0 Å². The number of carbonyl (C=O) groups excluding carboxylic acids is 1. The fraction of sp³-hybridized carbons (Fsp3) is 0.417. The third-order valence-corrected chi connectivity index (χ3v) is 3.00. The van der Waals surface area contributed by atoms with Crippen molar-refractivity contribution < 1.29 is 22.7 Å². The van der Waals surface area contributed by atoms with E-state index in [1.54, 1.807) is 0 Å². The highest BCUT2D eigenvalue weighted by Crippen LogP contribution is 2.34. The number of carbonyl (C=O) groups is 1. The highest BCUT2D eigenvalue weighted by Gasteiger charge is 2.34. The van der Waals surface area contributed by atoms with Crippen LogP contribution < -0.4 is 10.1 Å². The highest BCUT2D eigenvalue weighted by atomic mass is 35.5. The van der Waals surface area contributed by atoms with Crippen molar-refractivity contribution in [1.82, 2.24) is 5.32 Å². The van der Waals surface area contributed by atoms with Crippen LogP contribution in [0.4, 0.5) is 13.2 Å². The number of nitrogens with one attached hydrogen (secondary N) is 1. The van der Waals surface area contributed by atoms with Gasteiger partial charge in [0.1, 0.15) is 11.1 Å². The molecule has 7 heteroatoms. The number of amides is 1. The Hall–Kier alpha value is -1.43. The number of hydrogen-bond acceptors (Lipinski definition) is 2. The molecule has 0 spiro atoms. The fourth-order valence-electron chi connectivity index (χ4n) is 1.55. The van der Waals surface area contributed by atoms with E-state index >= 15 is 0 Å². The molecule has 1 atom stereocenters. The third-order valence-electron chi connectivity index (χ3n) is 2.57. The van der Waals surface area contributed by atoms with Crippen molar-refractivity contribution >= 4 is 17.5 Å². The minimum absolute atomic E-state index is 0.000332. The predicted molar refractivity (Wildman–Crippen MR) is 62.9 cm³/mol. The van der Waals surface area contributed by atoms with Crippen molar-refractivity contribution in [2.24, 2.45) is 0 Å². The van der Waals surface area contributed by atoms with Crippen LogP contribution in [-0.2, 0) is 4.79 Å². The summed E-state index contributed by atoms with van der Waals surface area (Å²) < 4.78 is 40.6. The minimum atomic E-state index is -4.82. The molecular formula is C12H11ClF3NO2. The van der Waals surface area contributed by atoms with Gasteiger partial charge in [-0.3, -0.25) is 4.79 Å². The molecule has 0 radical (unpaired) electrons. The average Bonchev–Trinajstić information content (AvgIpc) is 3.10. The summed E-state index contributed by atoms with van der Waals surface area (Å²) in [6.07, 6.45) is -3.08. The molecule has 1 aliphatic carbocycles. The van der Waals surface area contributed by atoms with Crippen LogP contribution in [0.1, 0.15) is 23.8 Å². The first-order valence-electron chi connectivity index (χ1n) is 5.66. The molecule has 2 rings (SSSR count). The Morgan fingerprint density at radius 1 is 1.37 bits per heavy atom. The van der Waals surface area contributed by atoms with Gasteiger partial charge in [-0.15, -0.1) is 24.8 Å². The van der Waals surface area contributed by atoms with Crippen LogP contribution in [0.25, 0.3) is 0 Å². The van der Waals surface area contributed by atoms with Gasteiger partial charge in [0.15, 0.2) is 0 Å². The van der Waals surface area contributed by atoms with Crippen molar-refractivity contribution in [3.8, 4) is 5.75 Å². The molecular weight excluding hydrogens is 283 g/mol. The second-order valence-corrected chi connectivity index (χ2v) is 4.67. The van der Waals surface area contributed by atoms with E-state index < -0.39 is 23.4 Å². The molecule has 0 aromatic heterocycles. The maximum Gasteiger partial charge on any atom is 0.573 e. The summed E-state index contributed by atoms with van der Waals surface area (Å²) in [5, 5.41) is 1.43. The molecule has 0 aliphatic heterocycles. The van der Waals surface area contributed by atoms with Crippen LogP contribution in [-0.4, -0.2) is 18.3 Å². The van der Waals surface area contributed by atoms with Crippen LogP contribution in [0.3, 0.4) is 0 Å². The lowest BCUT2D eigenvalue weighted by molar-refractivity contribution is -0.274. The molecule has 3 nitrogen and oxygen atoms in total. The molecule has 1 N–H and O–H groups in total. The van der Waals surface area contributed by atoms with Crippen LogP contribution in [0, 0.1) is 0 Å². The number of alkyl halides is 4. The summed E-state index contributed by atoms with van der Waals surface area (Å²) in [6, 6.07) is 5.43. The van der Waals surface area contributed by atoms with E-state index in [0.717, 1.165) is 18.9 Å². The van der Waals surface area contributed by atoms with Crippen LogP contribution >= 0.6 is 11.6 Å². The van der Waals surface area contributed by atoms with Crippen molar-refractivity contribution in [2.75, 3.05) is 0 Å². The normalized spacial score (nSPS) is 16.8. The summed E-state index contributed by atoms with van der Waals surface area (Å²) in [5.41, 5.74) is -0.000332. The first-order valence-corrected chi connectivity index (χ1v) is 6.09. The van der Waals surface area contributed by atoms with Gasteiger partial charge in [0.25, 0.3) is 0 Å². The Morgan fingerprint density at radius 2 is 2.00 bits per heavy atom. The van der Waals surface area contributed by atoms with Crippen molar-refractivity contribution in [3.05, 3.63) is 29.8 Å². The van der Waals surface area contributed by atoms with Crippen LogP contribution in [0.15, 0.2) is 24.3 Å². The Kier molecular flexibility index (Phi) is 3.89. The Balaban J connectivity index is 2.15. The highest BCUT2D eigenvalue weighted by molar-refractivity contribution is 6.31. The molecule has 1 aromatic rings. The lowest BCUT2D eigenvalue weighted by Gasteiger charge is -2.16. The van der Waals surface area contributed by atoms with Gasteiger partial charge >= 0.3 is 6.36 Å². The van der Waals surface area contributed by atoms with Gasteiger partial charge in [0, 0.05) is 11.6 Å². The second kappa shape index (κ2) is 5.28. The topological polar surface area (TPSA) is 38.3 Å². The quantitative estimate of drug-likeness (QED) is 0.866. The Bertz CT molecular complexity index is 474. The summed E-state index contributed by atoms with van der Waals surface area (Å²) in [4.78, 5) is 11.7. The molecule has 0 bridgehead atoms. The molecule has 1 amide bonds. The van der Waals surface area contributed by atoms with Gasteiger partial charge < -0.3 is 10.1 Å². The summed E-state index contributed by atoms with van der Waals surface area (Å²) in [7, 11) is 0. The molecule has 104 valence electrons. The Morgan fingerprint density at radius 3 is 2.58 bits per heavy atom. The van der Waals surface area contributed by atoms with Crippen molar-refractivity contribution in [3.63, 3.8) is 0 Å². The number of halogens is 4. The lowest BCUT2D eigenvalue weighted by Crippen LogP contribution is -2.29. The van der Waals surface area contributed by atoms with E-state index in [9.17, 15) is 18.0 Å². The average molecular weight is 294 g/mol. The smallest absolute Gasteiger partial charge is 0.405 e. The molecule has 0 heterocycles. The van der Waals surface area contributed by atoms with Crippen LogP contribution in [0.5, 0.6) is 5.75 Å². The van der Waals surface area contributed by atoms with E-state index in [1.807, 2.05) is 0 Å². The zero-order valence-electron chi connectivity index (χ0n) is 9.71. The molecule has 19 heavy (non-hydrogen) atoms. The van der Waals surface area contributed by atoms with Crippen molar-refractivity contribution in [2.45, 2.75) is 30.6 Å². The zero-order chi connectivity index (χ0) is 14.0. The maximum absolute atomic E-state index is 12.2. The van der Waals surface area contributed by atoms with E-state index in [2.05, 4.69) is 10.1 Å². The van der Waals surface area contributed by atoms with E-state index in [-0.39, 0.29) is 11.6 Å². The van der Waals surface area contributed by atoms with Crippen LogP contribution in [0.2, 0.25) is 0 Å². The van der Waals surface area contributed by atoms with Crippen molar-refractivity contribution in [1.29, 1.82) is 0 Å². The van der Waals surface area contributed by atoms with Gasteiger partial charge in [0.05, 0.1) is 0 Å². The predicted octanol–water partition coefficient (Wildman–Crippen LogP) is 3.14. The fourth-order valence-corrected chi connectivity index (χ4v) is 1.79. The second-order valence-electron chi connectivity index (χ2n) is 4.23. The summed E-state index contributed by atoms with van der Waals surface area (Å²) in [6.45, 7) is 0. The van der Waals surface area contributed by atoms with Gasteiger partial charge in [-0.25, -0.2) is 0 Å². The number of hydrogen-bond donors (Lipinski definition) is 1. The number of benzene rings is 1. The largest absolute Gasteiger partial charge is 0.573 e. The standard InChI is InChI=1S/C12H11ClF3NO2/c13-10(11(18)17-7-5-6-7)8-3-1-2-4-9(8)19-12(14,15)16/h1-4,7,10H,5-6H2,(H,17,18). The van der Waals surface area contributed by atoms with Gasteiger partial charge in [0.2, 0.25) is 5.91 Å². The van der Waals surface area contributed by atoms with Gasteiger partial charge in [-0.05, 0) is 18.9 Å².